The molecule has 0 N–H and O–H groups in total. The van der Waals surface area contributed by atoms with Crippen molar-refractivity contribution in [3.8, 4) is 0 Å². The zero-order valence-electron chi connectivity index (χ0n) is 16.6. The minimum Gasteiger partial charge on any atom is -0.108 e. The molecule has 0 saturated heterocycles. The van der Waals surface area contributed by atoms with Crippen molar-refractivity contribution in [1.29, 1.82) is 0 Å². The Hall–Kier alpha value is 0.530. The van der Waals surface area contributed by atoms with Crippen LogP contribution in [0.15, 0.2) is 12.2 Å². The minimum atomic E-state index is 0.265. The molecular formula is C21H40S3. The Morgan fingerprint density at radius 3 is 2.00 bits per heavy atom. The highest BCUT2D eigenvalue weighted by atomic mass is 32.2. The molecule has 0 spiro atoms. The molecule has 0 fully saturated rings. The molecule has 0 aromatic rings. The molecule has 0 aliphatic carbocycles. The van der Waals surface area contributed by atoms with Crippen molar-refractivity contribution in [1.82, 2.24) is 0 Å². The van der Waals surface area contributed by atoms with E-state index in [9.17, 15) is 0 Å². The summed E-state index contributed by atoms with van der Waals surface area (Å²) in [6.45, 7) is 9.00. The molecule has 0 heterocycles. The maximum Gasteiger partial charge on any atom is 0.104 e. The van der Waals surface area contributed by atoms with Crippen LogP contribution in [0.4, 0.5) is 0 Å². The molecule has 24 heavy (non-hydrogen) atoms. The Morgan fingerprint density at radius 1 is 0.917 bits per heavy atom. The van der Waals surface area contributed by atoms with Crippen LogP contribution in [-0.4, -0.2) is 14.0 Å². The van der Waals surface area contributed by atoms with Crippen molar-refractivity contribution in [3.63, 3.8) is 0 Å². The maximum absolute atomic E-state index is 5.56. The Bertz CT molecular complexity index is 321. The van der Waals surface area contributed by atoms with E-state index in [1.807, 2.05) is 23.5 Å². The molecule has 0 amide bonds. The first-order valence-corrected chi connectivity index (χ1v) is 12.2. The van der Waals surface area contributed by atoms with Gasteiger partial charge in [0.25, 0.3) is 0 Å². The average molecular weight is 389 g/mol. The van der Waals surface area contributed by atoms with Crippen molar-refractivity contribution in [2.24, 2.45) is 0 Å². The number of unbranched alkanes of at least 4 members (excludes halogenated alkanes) is 9. The van der Waals surface area contributed by atoms with Gasteiger partial charge >= 0.3 is 0 Å². The number of thiocarbonyl (C=S) groups is 1. The first-order chi connectivity index (χ1) is 11.5. The highest BCUT2D eigenvalue weighted by molar-refractivity contribution is 8.47. The van der Waals surface area contributed by atoms with Crippen LogP contribution in [0.3, 0.4) is 0 Å². The van der Waals surface area contributed by atoms with Gasteiger partial charge in [0.05, 0.1) is 0 Å². The molecule has 0 nitrogen and oxygen atoms in total. The van der Waals surface area contributed by atoms with Crippen molar-refractivity contribution in [2.75, 3.05) is 5.75 Å². The van der Waals surface area contributed by atoms with Crippen LogP contribution in [0, 0.1) is 0 Å². The van der Waals surface area contributed by atoms with Crippen molar-refractivity contribution < 1.29 is 0 Å². The number of hydrogen-bond acceptors (Lipinski definition) is 3. The van der Waals surface area contributed by atoms with E-state index in [4.69, 9.17) is 12.2 Å². The summed E-state index contributed by atoms with van der Waals surface area (Å²) >= 11 is 9.35. The van der Waals surface area contributed by atoms with Crippen LogP contribution in [0.1, 0.15) is 105 Å². The third-order valence-corrected chi connectivity index (χ3v) is 7.09. The fourth-order valence-corrected chi connectivity index (χ4v) is 5.92. The van der Waals surface area contributed by atoms with Crippen molar-refractivity contribution in [3.05, 3.63) is 12.2 Å². The van der Waals surface area contributed by atoms with Crippen LogP contribution in [0.2, 0.25) is 0 Å². The van der Waals surface area contributed by atoms with Gasteiger partial charge in [0, 0.05) is 4.75 Å². The van der Waals surface area contributed by atoms with E-state index in [1.165, 1.54) is 76.4 Å². The van der Waals surface area contributed by atoms with E-state index in [1.54, 1.807) is 0 Å². The number of hydrogen-bond donors (Lipinski definition) is 0. The van der Waals surface area contributed by atoms with Gasteiger partial charge < -0.3 is 0 Å². The van der Waals surface area contributed by atoms with E-state index in [2.05, 4.69) is 39.8 Å². The Labute approximate surface area is 166 Å². The van der Waals surface area contributed by atoms with Gasteiger partial charge in [0.1, 0.15) is 3.53 Å². The quantitative estimate of drug-likeness (QED) is 0.156. The molecule has 0 aliphatic heterocycles. The van der Waals surface area contributed by atoms with Crippen LogP contribution < -0.4 is 0 Å². The van der Waals surface area contributed by atoms with Crippen LogP contribution >= 0.6 is 35.7 Å². The van der Waals surface area contributed by atoms with E-state index in [0.29, 0.717) is 0 Å². The molecule has 0 rings (SSSR count). The van der Waals surface area contributed by atoms with Gasteiger partial charge in [0.15, 0.2) is 0 Å². The molecule has 0 aliphatic rings. The first-order valence-electron chi connectivity index (χ1n) is 9.98. The fraction of sp³-hybridized carbons (Fsp3) is 0.857. The summed E-state index contributed by atoms with van der Waals surface area (Å²) in [7, 11) is 0. The fourth-order valence-electron chi connectivity index (χ4n) is 2.65. The standard InChI is InChI=1S/C21H40S3/c1-5-7-9-10-11-12-13-14-15-17-19-23-20(22)24-21(3,4)18-16-8-6-2/h6,8H,5,7,9-19H2,1-4H3. The average Bonchev–Trinajstić information content (AvgIpc) is 2.52. The summed E-state index contributed by atoms with van der Waals surface area (Å²) in [4.78, 5) is 0. The summed E-state index contributed by atoms with van der Waals surface area (Å²) in [5.74, 6) is 1.20. The molecule has 0 unspecified atom stereocenters. The molecule has 0 radical (unpaired) electrons. The molecule has 0 aromatic heterocycles. The lowest BCUT2D eigenvalue weighted by molar-refractivity contribution is 0.563. The van der Waals surface area contributed by atoms with Crippen molar-refractivity contribution in [2.45, 2.75) is 109 Å². The van der Waals surface area contributed by atoms with Crippen LogP contribution in [0.5, 0.6) is 0 Å². The molecule has 0 bridgehead atoms. The lowest BCUT2D eigenvalue weighted by Gasteiger charge is -2.23. The Balaban J connectivity index is 3.45. The predicted octanol–water partition coefficient (Wildman–Crippen LogP) is 8.79. The van der Waals surface area contributed by atoms with E-state index in [0.717, 1.165) is 9.95 Å². The normalized spacial score (nSPS) is 12.2. The monoisotopic (exact) mass is 388 g/mol. The maximum atomic E-state index is 5.56. The largest absolute Gasteiger partial charge is 0.108 e. The lowest BCUT2D eigenvalue weighted by Crippen LogP contribution is -2.15. The van der Waals surface area contributed by atoms with E-state index in [-0.39, 0.29) is 4.75 Å². The molecule has 0 saturated carbocycles. The second-order valence-electron chi connectivity index (χ2n) is 7.25. The zero-order chi connectivity index (χ0) is 18.1. The molecule has 142 valence electrons. The summed E-state index contributed by atoms with van der Waals surface area (Å²) in [6.07, 6.45) is 20.8. The van der Waals surface area contributed by atoms with Gasteiger partial charge in [-0.05, 0) is 31.9 Å². The Kier molecular flexibility index (Phi) is 17.3. The summed E-state index contributed by atoms with van der Waals surface area (Å²) < 4.78 is 1.40. The second-order valence-corrected chi connectivity index (χ2v) is 11.3. The highest BCUT2D eigenvalue weighted by Gasteiger charge is 2.20. The minimum absolute atomic E-state index is 0.265. The predicted molar refractivity (Wildman–Crippen MR) is 123 cm³/mol. The lowest BCUT2D eigenvalue weighted by atomic mass is 10.1. The zero-order valence-corrected chi connectivity index (χ0v) is 19.0. The molecule has 3 heteroatoms. The molecule has 0 aromatic carbocycles. The van der Waals surface area contributed by atoms with Gasteiger partial charge in [-0.15, -0.1) is 23.5 Å². The third-order valence-electron chi connectivity index (χ3n) is 4.23. The number of allylic oxidation sites excluding steroid dienone is 2. The van der Waals surface area contributed by atoms with Gasteiger partial charge in [-0.3, -0.25) is 0 Å². The Morgan fingerprint density at radius 2 is 1.46 bits per heavy atom. The van der Waals surface area contributed by atoms with Crippen LogP contribution in [0.25, 0.3) is 0 Å². The summed E-state index contributed by atoms with van der Waals surface area (Å²) in [5, 5.41) is 0. The van der Waals surface area contributed by atoms with Crippen LogP contribution in [-0.2, 0) is 0 Å². The molecule has 0 atom stereocenters. The topological polar surface area (TPSA) is 0 Å². The van der Waals surface area contributed by atoms with Gasteiger partial charge in [-0.25, -0.2) is 0 Å². The van der Waals surface area contributed by atoms with Gasteiger partial charge in [-0.1, -0.05) is 103 Å². The first kappa shape index (κ1) is 24.5. The smallest absolute Gasteiger partial charge is 0.104 e. The van der Waals surface area contributed by atoms with Gasteiger partial charge in [0.2, 0.25) is 0 Å². The third kappa shape index (κ3) is 17.4. The SMILES string of the molecule is CC=CCCC(C)(C)SC(=S)SCCCCCCCCCCCC. The van der Waals surface area contributed by atoms with E-state index < -0.39 is 0 Å². The highest BCUT2D eigenvalue weighted by Crippen LogP contribution is 2.34. The van der Waals surface area contributed by atoms with Gasteiger partial charge in [-0.2, -0.15) is 0 Å². The van der Waals surface area contributed by atoms with E-state index >= 15 is 0 Å². The summed E-state index contributed by atoms with van der Waals surface area (Å²) in [5.41, 5.74) is 0. The number of rotatable bonds is 15. The summed E-state index contributed by atoms with van der Waals surface area (Å²) in [6, 6.07) is 0. The van der Waals surface area contributed by atoms with Crippen molar-refractivity contribution >= 4 is 39.3 Å². The molecular weight excluding hydrogens is 348 g/mol. The second kappa shape index (κ2) is 17.0. The number of thioether (sulfide) groups is 2.